The van der Waals surface area contributed by atoms with E-state index in [2.05, 4.69) is 14.7 Å². The smallest absolute Gasteiger partial charge is 0.408 e. The second kappa shape index (κ2) is 9.81. The maximum absolute atomic E-state index is 13.8. The van der Waals surface area contributed by atoms with Gasteiger partial charge in [-0.3, -0.25) is 0 Å². The van der Waals surface area contributed by atoms with E-state index in [1.165, 1.54) is 6.21 Å². The Morgan fingerprint density at radius 1 is 1.29 bits per heavy atom. The van der Waals surface area contributed by atoms with Crippen LogP contribution in [0.25, 0.3) is 11.1 Å². The summed E-state index contributed by atoms with van der Waals surface area (Å²) in [7, 11) is 0. The lowest BCUT2D eigenvalue weighted by molar-refractivity contribution is -0.0509. The summed E-state index contributed by atoms with van der Waals surface area (Å²) in [4.78, 5) is 17.1. The van der Waals surface area contributed by atoms with E-state index in [1.807, 2.05) is 20.8 Å². The third kappa shape index (κ3) is 7.15. The lowest BCUT2D eigenvalue weighted by atomic mass is 9.82. The van der Waals surface area contributed by atoms with Gasteiger partial charge in [0.1, 0.15) is 33.3 Å². The fraction of sp³-hybridized carbons (Fsp3) is 0.625. The number of aromatic nitrogens is 1. The maximum Gasteiger partial charge on any atom is 0.408 e. The number of rotatable bonds is 5. The number of hydrogen-bond acceptors (Lipinski definition) is 6. The van der Waals surface area contributed by atoms with Gasteiger partial charge in [-0.2, -0.15) is 0 Å². The molecule has 0 bridgehead atoms. The van der Waals surface area contributed by atoms with Crippen molar-refractivity contribution in [2.45, 2.75) is 89.5 Å². The molecule has 1 fully saturated rings. The van der Waals surface area contributed by atoms with Gasteiger partial charge >= 0.3 is 6.09 Å². The van der Waals surface area contributed by atoms with E-state index in [0.29, 0.717) is 16.7 Å². The molecule has 0 unspecified atom stereocenters. The van der Waals surface area contributed by atoms with Gasteiger partial charge in [-0.15, -0.1) is 0 Å². The van der Waals surface area contributed by atoms with Crippen molar-refractivity contribution in [3.05, 3.63) is 29.7 Å². The van der Waals surface area contributed by atoms with Crippen LogP contribution in [0.3, 0.4) is 0 Å². The molecule has 1 aromatic carbocycles. The van der Waals surface area contributed by atoms with Gasteiger partial charge in [-0.05, 0) is 84.1 Å². The summed E-state index contributed by atoms with van der Waals surface area (Å²) in [6, 6.07) is 4.51. The summed E-state index contributed by atoms with van der Waals surface area (Å²) >= 11 is -1.40. The summed E-state index contributed by atoms with van der Waals surface area (Å²) < 4.78 is 54.7. The molecule has 0 saturated heterocycles. The molecule has 1 aliphatic rings. The summed E-state index contributed by atoms with van der Waals surface area (Å²) in [5.74, 6) is -2.73. The first-order valence-corrected chi connectivity index (χ1v) is 12.5. The highest BCUT2D eigenvalue weighted by Gasteiger charge is 2.40. The molecule has 0 spiro atoms. The first-order valence-electron chi connectivity index (χ1n) is 11.4. The van der Waals surface area contributed by atoms with E-state index in [0.717, 1.165) is 0 Å². The number of nitrogens with zero attached hydrogens (tertiary/aromatic N) is 2. The molecule has 7 nitrogen and oxygen atoms in total. The normalized spacial score (nSPS) is 19.3. The number of halogens is 2. The molecule has 1 saturated carbocycles. The highest BCUT2D eigenvalue weighted by molar-refractivity contribution is 7.91. The molecule has 0 radical (unpaired) electrons. The van der Waals surface area contributed by atoms with E-state index < -0.39 is 39.8 Å². The zero-order valence-electron chi connectivity index (χ0n) is 20.5. The van der Waals surface area contributed by atoms with Crippen LogP contribution in [0.2, 0.25) is 0 Å². The van der Waals surface area contributed by atoms with E-state index in [1.54, 1.807) is 39.0 Å². The second-order valence-corrected chi connectivity index (χ2v) is 12.6. The molecule has 10 heteroatoms. The summed E-state index contributed by atoms with van der Waals surface area (Å²) in [5.41, 5.74) is 0.995. The Morgan fingerprint density at radius 2 is 1.94 bits per heavy atom. The van der Waals surface area contributed by atoms with Gasteiger partial charge < -0.3 is 19.0 Å². The van der Waals surface area contributed by atoms with Crippen molar-refractivity contribution in [1.82, 2.24) is 10.3 Å². The molecule has 3 rings (SSSR count). The van der Waals surface area contributed by atoms with E-state index in [4.69, 9.17) is 9.15 Å². The van der Waals surface area contributed by atoms with Crippen molar-refractivity contribution in [1.29, 1.82) is 0 Å². The van der Waals surface area contributed by atoms with Crippen molar-refractivity contribution >= 4 is 34.8 Å². The quantitative estimate of drug-likeness (QED) is 0.397. The van der Waals surface area contributed by atoms with Gasteiger partial charge in [-0.25, -0.2) is 18.6 Å². The van der Waals surface area contributed by atoms with Crippen LogP contribution in [0.5, 0.6) is 0 Å². The zero-order valence-corrected chi connectivity index (χ0v) is 21.3. The van der Waals surface area contributed by atoms with Gasteiger partial charge in [0.05, 0.1) is 6.21 Å². The number of amides is 1. The molecule has 1 aromatic heterocycles. The number of fused-ring (bicyclic) bond motifs is 1. The zero-order chi connectivity index (χ0) is 25.3. The molecular formula is C24H33F2N3O4S. The molecule has 0 aliphatic heterocycles. The Bertz CT molecular complexity index is 1030. The Balaban J connectivity index is 1.87. The predicted octanol–water partition coefficient (Wildman–Crippen LogP) is 6.10. The highest BCUT2D eigenvalue weighted by Crippen LogP contribution is 2.41. The fourth-order valence-electron chi connectivity index (χ4n) is 3.65. The molecule has 2 atom stereocenters. The van der Waals surface area contributed by atoms with Crippen molar-refractivity contribution in [2.24, 2.45) is 10.3 Å². The number of alkyl carbamates (subject to hydrolysis) is 1. The van der Waals surface area contributed by atoms with Crippen molar-refractivity contribution in [3.8, 4) is 0 Å². The number of benzene rings is 1. The number of oxazole rings is 1. The number of carbonyl (C=O) groups is 1. The Labute approximate surface area is 202 Å². The molecule has 1 heterocycles. The van der Waals surface area contributed by atoms with Gasteiger partial charge in [-0.1, -0.05) is 4.40 Å². The lowest BCUT2D eigenvalue weighted by Gasteiger charge is -2.33. The minimum absolute atomic E-state index is 0.225. The van der Waals surface area contributed by atoms with Crippen molar-refractivity contribution in [2.75, 3.05) is 0 Å². The fourth-order valence-corrected chi connectivity index (χ4v) is 4.19. The van der Waals surface area contributed by atoms with Crippen molar-refractivity contribution < 1.29 is 27.3 Å². The monoisotopic (exact) mass is 497 g/mol. The van der Waals surface area contributed by atoms with Crippen LogP contribution in [-0.4, -0.2) is 38.1 Å². The summed E-state index contributed by atoms with van der Waals surface area (Å²) in [6.45, 7) is 10.8. The molecule has 2 aromatic rings. The van der Waals surface area contributed by atoms with Gasteiger partial charge in [0, 0.05) is 12.8 Å². The Morgan fingerprint density at radius 3 is 2.53 bits per heavy atom. The predicted molar refractivity (Wildman–Crippen MR) is 129 cm³/mol. The van der Waals surface area contributed by atoms with Gasteiger partial charge in [0.25, 0.3) is 0 Å². The van der Waals surface area contributed by atoms with Crippen LogP contribution in [0, 0.1) is 5.92 Å². The molecule has 34 heavy (non-hydrogen) atoms. The van der Waals surface area contributed by atoms with Crippen LogP contribution >= 0.6 is 0 Å². The standard InChI is InChI=1S/C24H33F2N3O4S/c1-22(2,3)33-21(30)29-19(16-9-11-24(25,26)12-10-16)20-28-17-13-15(7-8-18(17)32-20)14-27-34(31)23(4,5)6/h7-8,13-14,16,19H,9-12H2,1-6H3,(H,29,30)/b27-14+/t19-,34+/m0/s1. The summed E-state index contributed by atoms with van der Waals surface area (Å²) in [5, 5.41) is 2.79. The van der Waals surface area contributed by atoms with Crippen LogP contribution in [0.1, 0.15) is 84.7 Å². The van der Waals surface area contributed by atoms with E-state index in [9.17, 15) is 18.1 Å². The highest BCUT2D eigenvalue weighted by atomic mass is 32.2. The molecular weight excluding hydrogens is 464 g/mol. The lowest BCUT2D eigenvalue weighted by Crippen LogP contribution is -2.40. The van der Waals surface area contributed by atoms with Crippen molar-refractivity contribution in [3.63, 3.8) is 0 Å². The van der Waals surface area contributed by atoms with Crippen LogP contribution in [-0.2, 0) is 16.1 Å². The Hall–Kier alpha value is -2.20. The van der Waals surface area contributed by atoms with E-state index in [-0.39, 0.29) is 37.5 Å². The van der Waals surface area contributed by atoms with Gasteiger partial charge in [0.15, 0.2) is 5.58 Å². The number of alkyl halides is 2. The first kappa shape index (κ1) is 26.4. The van der Waals surface area contributed by atoms with Crippen LogP contribution < -0.4 is 5.32 Å². The minimum atomic E-state index is -2.70. The maximum atomic E-state index is 13.8. The third-order valence-corrected chi connectivity index (χ3v) is 6.77. The third-order valence-electron chi connectivity index (χ3n) is 5.42. The first-order chi connectivity index (χ1) is 15.6. The number of ether oxygens (including phenoxy) is 1. The molecule has 188 valence electrons. The number of carbonyl (C=O) groups excluding carboxylic acids is 1. The minimum Gasteiger partial charge on any atom is -0.591 e. The molecule has 1 aliphatic carbocycles. The second-order valence-electron chi connectivity index (χ2n) is 10.7. The van der Waals surface area contributed by atoms with E-state index >= 15 is 0 Å². The number of hydrogen-bond donors (Lipinski definition) is 1. The average molecular weight is 498 g/mol. The average Bonchev–Trinajstić information content (AvgIpc) is 3.11. The van der Waals surface area contributed by atoms with Crippen LogP contribution in [0.4, 0.5) is 13.6 Å². The largest absolute Gasteiger partial charge is 0.591 e. The van der Waals surface area contributed by atoms with Gasteiger partial charge in [0.2, 0.25) is 11.8 Å². The SMILES string of the molecule is CC(C)(C)OC(=O)N[C@H](c1nc2cc(/C=N/[S@+]([O-])C(C)(C)C)ccc2o1)C1CCC(F)(F)CC1. The number of nitrogens with one attached hydrogen (secondary N) is 1. The topological polar surface area (TPSA) is 99.8 Å². The van der Waals surface area contributed by atoms with Crippen LogP contribution in [0.15, 0.2) is 27.0 Å². The Kier molecular flexibility index (Phi) is 7.62. The molecule has 1 amide bonds. The summed E-state index contributed by atoms with van der Waals surface area (Å²) in [6.07, 6.45) is 0.807. The molecule has 1 N–H and O–H groups in total.